The van der Waals surface area contributed by atoms with E-state index < -0.39 is 33.1 Å². The largest absolute Gasteiger partial charge is 0.348 e. The van der Waals surface area contributed by atoms with Gasteiger partial charge in [0.15, 0.2) is 9.84 Å². The summed E-state index contributed by atoms with van der Waals surface area (Å²) in [6.45, 7) is 0.423. The second kappa shape index (κ2) is 10.3. The van der Waals surface area contributed by atoms with E-state index in [0.29, 0.717) is 24.2 Å². The molecule has 8 nitrogen and oxygen atoms in total. The lowest BCUT2D eigenvalue weighted by Gasteiger charge is -2.34. The predicted molar refractivity (Wildman–Crippen MR) is 128 cm³/mol. The maximum Gasteiger partial charge on any atom is 0.261 e. The van der Waals surface area contributed by atoms with Crippen LogP contribution in [0.1, 0.15) is 47.3 Å². The number of nitrogens with zero attached hydrogens (tertiary/aromatic N) is 1. The fraction of sp³-hybridized carbons (Fsp3) is 0.400. The molecule has 1 aromatic heterocycles. The highest BCUT2D eigenvalue weighted by Gasteiger charge is 2.39. The van der Waals surface area contributed by atoms with Crippen LogP contribution in [0.5, 0.6) is 0 Å². The van der Waals surface area contributed by atoms with Crippen LogP contribution in [0.3, 0.4) is 0 Å². The Hall–Kier alpha value is -3.34. The summed E-state index contributed by atoms with van der Waals surface area (Å²) in [5, 5.41) is 3.49. The molecule has 2 aromatic rings. The van der Waals surface area contributed by atoms with Crippen molar-refractivity contribution in [3.63, 3.8) is 0 Å². The molecule has 1 saturated carbocycles. The molecule has 2 N–H and O–H groups in total. The standard InChI is InChI=1S/C25H27F2N3O5S/c26-25(27)10-7-17(8-11-25)24(33)30-13-9-21-18(16-30)15-20(23(32)29-21)22(31)28-12-4-14-36(34,35)19-5-2-1-3-6-19/h1-6,14-15,17H,7-13,16H2,(H,28,31)(H,29,32)/b14-4+. The minimum atomic E-state index is -3.65. The van der Waals surface area contributed by atoms with E-state index >= 15 is 0 Å². The zero-order chi connectivity index (χ0) is 25.9. The van der Waals surface area contributed by atoms with Gasteiger partial charge in [-0.15, -0.1) is 0 Å². The van der Waals surface area contributed by atoms with E-state index in [1.807, 2.05) is 0 Å². The SMILES string of the molecule is O=C(NC/C=C/S(=O)(=O)c1ccccc1)c1cc2c([nH]c1=O)CCN(C(=O)C1CCC(F)(F)CC1)C2. The Morgan fingerprint density at radius 1 is 1.17 bits per heavy atom. The highest BCUT2D eigenvalue weighted by atomic mass is 32.2. The van der Waals surface area contributed by atoms with Gasteiger partial charge >= 0.3 is 0 Å². The minimum absolute atomic E-state index is 0.113. The van der Waals surface area contributed by atoms with Crippen LogP contribution in [0.25, 0.3) is 0 Å². The van der Waals surface area contributed by atoms with Crippen molar-refractivity contribution in [1.82, 2.24) is 15.2 Å². The average Bonchev–Trinajstić information content (AvgIpc) is 2.86. The van der Waals surface area contributed by atoms with E-state index in [0.717, 1.165) is 5.41 Å². The van der Waals surface area contributed by atoms with E-state index in [9.17, 15) is 31.6 Å². The zero-order valence-electron chi connectivity index (χ0n) is 19.5. The summed E-state index contributed by atoms with van der Waals surface area (Å²) in [6.07, 6.45) is 1.35. The number of aromatic nitrogens is 1. The maximum atomic E-state index is 13.5. The summed E-state index contributed by atoms with van der Waals surface area (Å²) < 4.78 is 51.4. The number of aromatic amines is 1. The Bertz CT molecular complexity index is 1330. The molecule has 1 fully saturated rings. The van der Waals surface area contributed by atoms with Crippen molar-refractivity contribution >= 4 is 21.7 Å². The summed E-state index contributed by atoms with van der Waals surface area (Å²) in [4.78, 5) is 42.4. The number of hydrogen-bond donors (Lipinski definition) is 2. The maximum absolute atomic E-state index is 13.5. The van der Waals surface area contributed by atoms with Crippen LogP contribution in [-0.4, -0.2) is 49.1 Å². The molecule has 192 valence electrons. The second-order valence-corrected chi connectivity index (χ2v) is 10.9. The summed E-state index contributed by atoms with van der Waals surface area (Å²) in [6, 6.07) is 9.26. The number of H-pyrrole nitrogens is 1. The van der Waals surface area contributed by atoms with Gasteiger partial charge in [-0.05, 0) is 36.6 Å². The van der Waals surface area contributed by atoms with Gasteiger partial charge in [-0.3, -0.25) is 14.4 Å². The number of carbonyl (C=O) groups excluding carboxylic acids is 2. The second-order valence-electron chi connectivity index (χ2n) is 9.10. The summed E-state index contributed by atoms with van der Waals surface area (Å²) >= 11 is 0. The third-order valence-electron chi connectivity index (χ3n) is 6.56. The van der Waals surface area contributed by atoms with Crippen molar-refractivity contribution in [3.05, 3.63) is 75.1 Å². The first-order chi connectivity index (χ1) is 17.1. The van der Waals surface area contributed by atoms with Crippen LogP contribution in [-0.2, 0) is 27.6 Å². The molecule has 0 bridgehead atoms. The van der Waals surface area contributed by atoms with Gasteiger partial charge in [0.1, 0.15) is 5.56 Å². The normalized spacial score (nSPS) is 18.1. The Morgan fingerprint density at radius 2 is 1.86 bits per heavy atom. The third-order valence-corrected chi connectivity index (χ3v) is 8.04. The van der Waals surface area contributed by atoms with E-state index in [-0.39, 0.29) is 55.1 Å². The molecule has 0 radical (unpaired) electrons. The molecule has 1 aromatic carbocycles. The van der Waals surface area contributed by atoms with Crippen LogP contribution in [0.4, 0.5) is 8.78 Å². The first-order valence-electron chi connectivity index (χ1n) is 11.7. The number of alkyl halides is 2. The van der Waals surface area contributed by atoms with Gasteiger partial charge in [0.05, 0.1) is 4.90 Å². The van der Waals surface area contributed by atoms with Gasteiger partial charge in [0.25, 0.3) is 11.5 Å². The molecule has 0 atom stereocenters. The van der Waals surface area contributed by atoms with Gasteiger partial charge < -0.3 is 15.2 Å². The molecule has 1 aliphatic heterocycles. The summed E-state index contributed by atoms with van der Waals surface area (Å²) in [5.41, 5.74) is 0.508. The first-order valence-corrected chi connectivity index (χ1v) is 13.3. The van der Waals surface area contributed by atoms with E-state index in [1.54, 1.807) is 23.1 Å². The Labute approximate surface area is 207 Å². The van der Waals surface area contributed by atoms with Crippen LogP contribution in [0.2, 0.25) is 0 Å². The molecular weight excluding hydrogens is 492 g/mol. The van der Waals surface area contributed by atoms with Gasteiger partial charge in [0, 0.05) is 55.9 Å². The number of halogens is 2. The topological polar surface area (TPSA) is 116 Å². The van der Waals surface area contributed by atoms with Gasteiger partial charge in [-0.1, -0.05) is 24.3 Å². The van der Waals surface area contributed by atoms with Crippen LogP contribution in [0, 0.1) is 5.92 Å². The van der Waals surface area contributed by atoms with E-state index in [1.165, 1.54) is 24.3 Å². The first kappa shape index (κ1) is 25.7. The molecule has 11 heteroatoms. The van der Waals surface area contributed by atoms with Crippen LogP contribution in [0.15, 0.2) is 57.6 Å². The van der Waals surface area contributed by atoms with E-state index in [2.05, 4.69) is 10.3 Å². The van der Waals surface area contributed by atoms with Crippen LogP contribution >= 0.6 is 0 Å². The van der Waals surface area contributed by atoms with Crippen LogP contribution < -0.4 is 10.9 Å². The molecule has 2 amide bonds. The van der Waals surface area contributed by atoms with E-state index in [4.69, 9.17) is 0 Å². The molecule has 2 aliphatic rings. The van der Waals surface area contributed by atoms with Crippen molar-refractivity contribution in [2.45, 2.75) is 49.5 Å². The minimum Gasteiger partial charge on any atom is -0.348 e. The lowest BCUT2D eigenvalue weighted by atomic mass is 9.85. The van der Waals surface area contributed by atoms with Crippen molar-refractivity contribution in [1.29, 1.82) is 0 Å². The molecule has 1 aliphatic carbocycles. The number of benzene rings is 1. The number of pyridine rings is 1. The number of hydrogen-bond acceptors (Lipinski definition) is 5. The molecule has 36 heavy (non-hydrogen) atoms. The van der Waals surface area contributed by atoms with Crippen molar-refractivity contribution in [2.75, 3.05) is 13.1 Å². The van der Waals surface area contributed by atoms with Crippen molar-refractivity contribution in [2.24, 2.45) is 5.92 Å². The number of fused-ring (bicyclic) bond motifs is 1. The quantitative estimate of drug-likeness (QED) is 0.609. The number of rotatable bonds is 6. The number of nitrogens with one attached hydrogen (secondary N) is 2. The summed E-state index contributed by atoms with van der Waals surface area (Å²) in [5.74, 6) is -4.03. The lowest BCUT2D eigenvalue weighted by molar-refractivity contribution is -0.140. The molecule has 2 heterocycles. The molecular formula is C25H27F2N3O5S. The molecule has 0 spiro atoms. The smallest absolute Gasteiger partial charge is 0.261 e. The van der Waals surface area contributed by atoms with Gasteiger partial charge in [-0.25, -0.2) is 17.2 Å². The van der Waals surface area contributed by atoms with Gasteiger partial charge in [-0.2, -0.15) is 0 Å². The van der Waals surface area contributed by atoms with Gasteiger partial charge in [0.2, 0.25) is 11.8 Å². The Kier molecular flexibility index (Phi) is 7.39. The zero-order valence-corrected chi connectivity index (χ0v) is 20.3. The highest BCUT2D eigenvalue weighted by molar-refractivity contribution is 7.94. The average molecular weight is 520 g/mol. The Morgan fingerprint density at radius 3 is 2.56 bits per heavy atom. The van der Waals surface area contributed by atoms with Crippen molar-refractivity contribution in [3.8, 4) is 0 Å². The fourth-order valence-electron chi connectivity index (χ4n) is 4.52. The molecule has 0 unspecified atom stereocenters. The fourth-order valence-corrected chi connectivity index (χ4v) is 5.56. The molecule has 0 saturated heterocycles. The third kappa shape index (κ3) is 5.89. The lowest BCUT2D eigenvalue weighted by Crippen LogP contribution is -2.43. The number of carbonyl (C=O) groups is 2. The van der Waals surface area contributed by atoms with Crippen molar-refractivity contribution < 1.29 is 26.8 Å². The summed E-state index contributed by atoms with van der Waals surface area (Å²) in [7, 11) is -3.65. The Balaban J connectivity index is 1.39. The molecule has 4 rings (SSSR count). The number of amides is 2. The number of sulfone groups is 1. The highest BCUT2D eigenvalue weighted by Crippen LogP contribution is 2.37. The predicted octanol–water partition coefficient (Wildman–Crippen LogP) is 2.80. The monoisotopic (exact) mass is 519 g/mol.